The molecule has 0 aliphatic heterocycles. The van der Waals surface area contributed by atoms with Crippen LogP contribution in [0.4, 0.5) is 18.9 Å². The Morgan fingerprint density at radius 3 is 2.56 bits per heavy atom. The summed E-state index contributed by atoms with van der Waals surface area (Å²) in [5.41, 5.74) is 0.0201. The average molecular weight is 328 g/mol. The van der Waals surface area contributed by atoms with Gasteiger partial charge in [0.15, 0.2) is 0 Å². The van der Waals surface area contributed by atoms with Crippen molar-refractivity contribution in [2.75, 3.05) is 5.33 Å². The van der Waals surface area contributed by atoms with Gasteiger partial charge in [0.2, 0.25) is 0 Å². The fourth-order valence-electron chi connectivity index (χ4n) is 1.38. The summed E-state index contributed by atoms with van der Waals surface area (Å²) in [6.45, 7) is 0. The van der Waals surface area contributed by atoms with Crippen LogP contribution in [-0.4, -0.2) is 16.6 Å². The van der Waals surface area contributed by atoms with Crippen molar-refractivity contribution in [3.63, 3.8) is 0 Å². The average Bonchev–Trinajstić information content (AvgIpc) is 2.25. The SMILES string of the molecule is O=[N+]([O-])c1cc(OC(F)(F)F)ccc1CCCBr. The quantitative estimate of drug-likeness (QED) is 0.469. The van der Waals surface area contributed by atoms with Gasteiger partial charge in [0, 0.05) is 10.9 Å². The van der Waals surface area contributed by atoms with Crippen molar-refractivity contribution in [2.45, 2.75) is 19.2 Å². The first-order valence-corrected chi connectivity index (χ1v) is 6.04. The third kappa shape index (κ3) is 4.52. The van der Waals surface area contributed by atoms with E-state index in [1.54, 1.807) is 0 Å². The van der Waals surface area contributed by atoms with Crippen molar-refractivity contribution in [1.29, 1.82) is 0 Å². The number of benzene rings is 1. The number of ether oxygens (including phenoxy) is 1. The second kappa shape index (κ2) is 6.03. The first-order valence-electron chi connectivity index (χ1n) is 4.92. The second-order valence-corrected chi connectivity index (χ2v) is 4.18. The molecule has 0 N–H and O–H groups in total. The Kier molecular flexibility index (Phi) is 4.94. The summed E-state index contributed by atoms with van der Waals surface area (Å²) in [6.07, 6.45) is -3.79. The van der Waals surface area contributed by atoms with Crippen LogP contribution < -0.4 is 4.74 Å². The molecule has 18 heavy (non-hydrogen) atoms. The summed E-state index contributed by atoms with van der Waals surface area (Å²) in [5.74, 6) is -0.586. The molecule has 0 aromatic heterocycles. The molecule has 0 heterocycles. The standard InChI is InChI=1S/C10H9BrF3NO3/c11-5-1-2-7-3-4-8(18-10(12,13)14)6-9(7)15(16)17/h3-4,6H,1-2,5H2. The minimum atomic E-state index is -4.86. The van der Waals surface area contributed by atoms with Gasteiger partial charge < -0.3 is 4.74 Å². The predicted octanol–water partition coefficient (Wildman–Crippen LogP) is 3.82. The number of alkyl halides is 4. The number of nitrogens with zero attached hydrogens (tertiary/aromatic N) is 1. The summed E-state index contributed by atoms with van der Waals surface area (Å²) in [7, 11) is 0. The maximum absolute atomic E-state index is 12.0. The van der Waals surface area contributed by atoms with Gasteiger partial charge in [-0.1, -0.05) is 15.9 Å². The molecule has 0 radical (unpaired) electrons. The fraction of sp³-hybridized carbons (Fsp3) is 0.400. The van der Waals surface area contributed by atoms with Crippen molar-refractivity contribution in [2.24, 2.45) is 0 Å². The lowest BCUT2D eigenvalue weighted by atomic mass is 10.1. The summed E-state index contributed by atoms with van der Waals surface area (Å²) in [6, 6.07) is 3.14. The van der Waals surface area contributed by atoms with Crippen molar-refractivity contribution >= 4 is 21.6 Å². The van der Waals surface area contributed by atoms with Gasteiger partial charge in [0.05, 0.1) is 11.0 Å². The number of hydrogen-bond acceptors (Lipinski definition) is 3. The molecule has 0 unspecified atom stereocenters. The van der Waals surface area contributed by atoms with Gasteiger partial charge in [0.25, 0.3) is 5.69 Å². The number of aryl methyl sites for hydroxylation is 1. The van der Waals surface area contributed by atoms with Crippen LogP contribution in [0.5, 0.6) is 5.75 Å². The third-order valence-electron chi connectivity index (χ3n) is 2.07. The highest BCUT2D eigenvalue weighted by Crippen LogP contribution is 2.29. The van der Waals surface area contributed by atoms with E-state index in [9.17, 15) is 23.3 Å². The number of rotatable bonds is 5. The molecule has 0 saturated heterocycles. The first kappa shape index (κ1) is 14.7. The lowest BCUT2D eigenvalue weighted by Gasteiger charge is -2.09. The smallest absolute Gasteiger partial charge is 0.406 e. The molecule has 0 amide bonds. The van der Waals surface area contributed by atoms with Crippen LogP contribution in [0.15, 0.2) is 18.2 Å². The highest BCUT2D eigenvalue weighted by atomic mass is 79.9. The molecule has 0 spiro atoms. The molecular formula is C10H9BrF3NO3. The Bertz CT molecular complexity index is 437. The van der Waals surface area contributed by atoms with E-state index in [-0.39, 0.29) is 5.69 Å². The lowest BCUT2D eigenvalue weighted by Crippen LogP contribution is -2.17. The van der Waals surface area contributed by atoms with E-state index in [0.29, 0.717) is 23.7 Å². The second-order valence-electron chi connectivity index (χ2n) is 3.39. The van der Waals surface area contributed by atoms with E-state index in [1.807, 2.05) is 0 Å². The maximum Gasteiger partial charge on any atom is 0.573 e. The van der Waals surface area contributed by atoms with Crippen LogP contribution in [0.2, 0.25) is 0 Å². The topological polar surface area (TPSA) is 52.4 Å². The molecule has 0 saturated carbocycles. The summed E-state index contributed by atoms with van der Waals surface area (Å²) in [5, 5.41) is 11.4. The summed E-state index contributed by atoms with van der Waals surface area (Å²) >= 11 is 3.18. The fourth-order valence-corrected chi connectivity index (χ4v) is 1.66. The zero-order chi connectivity index (χ0) is 13.8. The number of nitro groups is 1. The molecule has 0 atom stereocenters. The number of hydrogen-bond donors (Lipinski definition) is 0. The molecule has 8 heteroatoms. The number of halogens is 4. The van der Waals surface area contributed by atoms with Gasteiger partial charge in [-0.15, -0.1) is 13.2 Å². The molecule has 0 fully saturated rings. The summed E-state index contributed by atoms with van der Waals surface area (Å²) < 4.78 is 39.6. The molecule has 1 rings (SSSR count). The van der Waals surface area contributed by atoms with Gasteiger partial charge in [-0.25, -0.2) is 0 Å². The monoisotopic (exact) mass is 327 g/mol. The normalized spacial score (nSPS) is 11.3. The molecule has 100 valence electrons. The van der Waals surface area contributed by atoms with Crippen LogP contribution in [0.1, 0.15) is 12.0 Å². The van der Waals surface area contributed by atoms with Gasteiger partial charge >= 0.3 is 6.36 Å². The zero-order valence-electron chi connectivity index (χ0n) is 9.04. The molecule has 0 aliphatic carbocycles. The first-order chi connectivity index (χ1) is 8.33. The van der Waals surface area contributed by atoms with Crippen molar-refractivity contribution < 1.29 is 22.8 Å². The van der Waals surface area contributed by atoms with Gasteiger partial charge in [0.1, 0.15) is 5.75 Å². The lowest BCUT2D eigenvalue weighted by molar-refractivity contribution is -0.385. The van der Waals surface area contributed by atoms with E-state index in [0.717, 1.165) is 12.1 Å². The maximum atomic E-state index is 12.0. The Hall–Kier alpha value is -1.31. The van der Waals surface area contributed by atoms with Gasteiger partial charge in [-0.3, -0.25) is 10.1 Å². The molecule has 1 aromatic rings. The zero-order valence-corrected chi connectivity index (χ0v) is 10.6. The van der Waals surface area contributed by atoms with Crippen molar-refractivity contribution in [3.05, 3.63) is 33.9 Å². The minimum Gasteiger partial charge on any atom is -0.406 e. The molecular weight excluding hydrogens is 319 g/mol. The highest BCUT2D eigenvalue weighted by Gasteiger charge is 2.32. The highest BCUT2D eigenvalue weighted by molar-refractivity contribution is 9.09. The molecule has 0 bridgehead atoms. The third-order valence-corrected chi connectivity index (χ3v) is 2.63. The Morgan fingerprint density at radius 2 is 2.06 bits per heavy atom. The van der Waals surface area contributed by atoms with E-state index in [4.69, 9.17) is 0 Å². The summed E-state index contributed by atoms with van der Waals surface area (Å²) in [4.78, 5) is 10.0. The van der Waals surface area contributed by atoms with Crippen molar-refractivity contribution in [3.8, 4) is 5.75 Å². The number of nitro benzene ring substituents is 1. The van der Waals surface area contributed by atoms with E-state index >= 15 is 0 Å². The Balaban J connectivity index is 2.99. The minimum absolute atomic E-state index is 0.363. The van der Waals surface area contributed by atoms with Crippen LogP contribution in [0.25, 0.3) is 0 Å². The molecule has 1 aromatic carbocycles. The van der Waals surface area contributed by atoms with Crippen molar-refractivity contribution in [1.82, 2.24) is 0 Å². The largest absolute Gasteiger partial charge is 0.573 e. The van der Waals surface area contributed by atoms with Crippen LogP contribution in [0, 0.1) is 10.1 Å². The molecule has 0 aliphatic rings. The van der Waals surface area contributed by atoms with Crippen LogP contribution in [0.3, 0.4) is 0 Å². The molecule has 4 nitrogen and oxygen atoms in total. The van der Waals surface area contributed by atoms with E-state index < -0.39 is 17.0 Å². The Morgan fingerprint density at radius 1 is 1.39 bits per heavy atom. The Labute approximate surface area is 109 Å². The van der Waals surface area contributed by atoms with Crippen LogP contribution >= 0.6 is 15.9 Å². The predicted molar refractivity (Wildman–Crippen MR) is 61.9 cm³/mol. The van der Waals surface area contributed by atoms with E-state index in [2.05, 4.69) is 20.7 Å². The van der Waals surface area contributed by atoms with E-state index in [1.165, 1.54) is 6.07 Å². The van der Waals surface area contributed by atoms with Gasteiger partial charge in [-0.05, 0) is 25.0 Å². The van der Waals surface area contributed by atoms with Gasteiger partial charge in [-0.2, -0.15) is 0 Å². The van der Waals surface area contributed by atoms with Crippen LogP contribution in [-0.2, 0) is 6.42 Å².